The first-order valence-corrected chi connectivity index (χ1v) is 10.8. The number of carbonyl (C=O) groups excluding carboxylic acids is 2. The smallest absolute Gasteiger partial charge is 0.254 e. The predicted octanol–water partition coefficient (Wildman–Crippen LogP) is 4.31. The van der Waals surface area contributed by atoms with Gasteiger partial charge in [-0.05, 0) is 36.8 Å². The second-order valence-electron chi connectivity index (χ2n) is 8.19. The number of hydrogen-bond donors (Lipinski definition) is 0. The summed E-state index contributed by atoms with van der Waals surface area (Å²) < 4.78 is 22.5. The first-order chi connectivity index (χ1) is 15.3. The second-order valence-corrected chi connectivity index (χ2v) is 8.63. The Bertz CT molecular complexity index is 1050. The summed E-state index contributed by atoms with van der Waals surface area (Å²) in [5.41, 5.74) is 1.23. The summed E-state index contributed by atoms with van der Waals surface area (Å²) in [6.45, 7) is 2.84. The minimum absolute atomic E-state index is 0.0289. The van der Waals surface area contributed by atoms with Crippen LogP contribution in [0.15, 0.2) is 24.3 Å². The Kier molecular flexibility index (Phi) is 5.95. The first-order valence-electron chi connectivity index (χ1n) is 10.4. The zero-order valence-electron chi connectivity index (χ0n) is 18.6. The van der Waals surface area contributed by atoms with Crippen LogP contribution in [0.25, 0.3) is 0 Å². The van der Waals surface area contributed by atoms with E-state index in [0.717, 1.165) is 5.56 Å². The number of rotatable bonds is 4. The number of methoxy groups -OCH3 is 3. The van der Waals surface area contributed by atoms with E-state index in [0.29, 0.717) is 65.1 Å². The summed E-state index contributed by atoms with van der Waals surface area (Å²) in [4.78, 5) is 27.8. The highest BCUT2D eigenvalue weighted by Gasteiger charge is 2.44. The van der Waals surface area contributed by atoms with Crippen LogP contribution in [0.3, 0.4) is 0 Å². The summed E-state index contributed by atoms with van der Waals surface area (Å²) in [5, 5.41) is 0.528. The van der Waals surface area contributed by atoms with E-state index in [-0.39, 0.29) is 18.1 Å². The van der Waals surface area contributed by atoms with Gasteiger partial charge in [0.15, 0.2) is 17.3 Å². The number of ketones is 1. The van der Waals surface area contributed by atoms with Gasteiger partial charge in [-0.1, -0.05) is 11.6 Å². The van der Waals surface area contributed by atoms with Crippen LogP contribution >= 0.6 is 11.6 Å². The van der Waals surface area contributed by atoms with E-state index < -0.39 is 5.60 Å². The molecule has 170 valence electrons. The van der Waals surface area contributed by atoms with Crippen LogP contribution in [0, 0.1) is 6.92 Å². The summed E-state index contributed by atoms with van der Waals surface area (Å²) in [6.07, 6.45) is 1.42. The van der Waals surface area contributed by atoms with Gasteiger partial charge in [-0.3, -0.25) is 9.59 Å². The summed E-state index contributed by atoms with van der Waals surface area (Å²) >= 11 is 6.12. The van der Waals surface area contributed by atoms with E-state index in [1.54, 1.807) is 29.2 Å². The summed E-state index contributed by atoms with van der Waals surface area (Å²) in [7, 11) is 4.55. The molecular weight excluding hydrogens is 434 g/mol. The van der Waals surface area contributed by atoms with Gasteiger partial charge in [0.05, 0.1) is 33.3 Å². The van der Waals surface area contributed by atoms with E-state index in [9.17, 15) is 9.59 Å². The molecule has 0 atom stereocenters. The van der Waals surface area contributed by atoms with Gasteiger partial charge in [0.1, 0.15) is 11.4 Å². The van der Waals surface area contributed by atoms with Crippen molar-refractivity contribution in [2.45, 2.75) is 31.8 Å². The molecule has 0 aliphatic carbocycles. The number of fused-ring (bicyclic) bond motifs is 1. The number of hydrogen-bond acceptors (Lipinski definition) is 6. The van der Waals surface area contributed by atoms with Gasteiger partial charge in [0, 0.05) is 36.5 Å². The minimum atomic E-state index is -0.602. The van der Waals surface area contributed by atoms with Crippen molar-refractivity contribution < 1.29 is 28.5 Å². The number of benzene rings is 2. The number of nitrogens with zero attached hydrogens (tertiary/aromatic N) is 1. The number of halogens is 1. The van der Waals surface area contributed by atoms with Gasteiger partial charge in [-0.2, -0.15) is 0 Å². The molecular formula is C24H26ClNO6. The lowest BCUT2D eigenvalue weighted by Gasteiger charge is -2.44. The van der Waals surface area contributed by atoms with Crippen LogP contribution in [0.2, 0.25) is 5.02 Å². The molecule has 4 rings (SSSR count). The average molecular weight is 460 g/mol. The maximum atomic E-state index is 13.2. The molecule has 0 aromatic heterocycles. The molecule has 1 fully saturated rings. The standard InChI is InChI=1S/C24H26ClNO6/c1-14-9-16(25)12-17-18(27)13-24(32-21(14)17)5-7-26(8-6-24)23(28)15-10-19(29-2)22(31-4)20(11-15)30-3/h9-12H,5-8,13H2,1-4H3. The van der Waals surface area contributed by atoms with Crippen LogP contribution in [-0.2, 0) is 0 Å². The Morgan fingerprint density at radius 2 is 1.66 bits per heavy atom. The van der Waals surface area contributed by atoms with E-state index in [1.807, 2.05) is 6.92 Å². The zero-order valence-corrected chi connectivity index (χ0v) is 19.4. The molecule has 1 saturated heterocycles. The minimum Gasteiger partial charge on any atom is -0.493 e. The third-order valence-electron chi connectivity index (χ3n) is 6.21. The van der Waals surface area contributed by atoms with Crippen LogP contribution in [0.4, 0.5) is 0 Å². The predicted molar refractivity (Wildman–Crippen MR) is 120 cm³/mol. The molecule has 1 spiro atoms. The van der Waals surface area contributed by atoms with Crippen molar-refractivity contribution in [3.8, 4) is 23.0 Å². The maximum Gasteiger partial charge on any atom is 0.254 e. The number of amides is 1. The van der Waals surface area contributed by atoms with Gasteiger partial charge in [0.2, 0.25) is 5.75 Å². The van der Waals surface area contributed by atoms with Crippen LogP contribution in [0.1, 0.15) is 45.5 Å². The lowest BCUT2D eigenvalue weighted by Crippen LogP contribution is -2.52. The topological polar surface area (TPSA) is 74.3 Å². The number of aryl methyl sites for hydroxylation is 1. The number of Topliss-reactive ketones (excluding diaryl/α,β-unsaturated/α-hetero) is 1. The molecule has 0 unspecified atom stereocenters. The van der Waals surface area contributed by atoms with Crippen molar-refractivity contribution in [1.82, 2.24) is 4.90 Å². The lowest BCUT2D eigenvalue weighted by atomic mass is 9.82. The number of likely N-dealkylation sites (tertiary alicyclic amines) is 1. The third-order valence-corrected chi connectivity index (χ3v) is 6.43. The largest absolute Gasteiger partial charge is 0.493 e. The maximum absolute atomic E-state index is 13.2. The van der Waals surface area contributed by atoms with Crippen molar-refractivity contribution in [2.75, 3.05) is 34.4 Å². The molecule has 0 N–H and O–H groups in total. The first kappa shape index (κ1) is 22.3. The Balaban J connectivity index is 1.53. The van der Waals surface area contributed by atoms with E-state index in [2.05, 4.69) is 0 Å². The van der Waals surface area contributed by atoms with Crippen molar-refractivity contribution in [3.05, 3.63) is 46.0 Å². The van der Waals surface area contributed by atoms with Gasteiger partial charge in [0.25, 0.3) is 5.91 Å². The second kappa shape index (κ2) is 8.54. The molecule has 2 aliphatic heterocycles. The Labute approximate surface area is 192 Å². The fourth-order valence-electron chi connectivity index (χ4n) is 4.50. The quantitative estimate of drug-likeness (QED) is 0.678. The molecule has 2 aromatic carbocycles. The van der Waals surface area contributed by atoms with Crippen molar-refractivity contribution in [1.29, 1.82) is 0 Å². The Morgan fingerprint density at radius 1 is 1.03 bits per heavy atom. The number of ether oxygens (including phenoxy) is 4. The molecule has 7 nitrogen and oxygen atoms in total. The highest BCUT2D eigenvalue weighted by atomic mass is 35.5. The van der Waals surface area contributed by atoms with E-state index >= 15 is 0 Å². The number of carbonyl (C=O) groups is 2. The Hall–Kier alpha value is -2.93. The SMILES string of the molecule is COc1cc(C(=O)N2CCC3(CC2)CC(=O)c2cc(Cl)cc(C)c2O3)cc(OC)c1OC. The molecule has 0 radical (unpaired) electrons. The molecule has 0 bridgehead atoms. The van der Waals surface area contributed by atoms with Gasteiger partial charge < -0.3 is 23.8 Å². The monoisotopic (exact) mass is 459 g/mol. The van der Waals surface area contributed by atoms with Crippen LogP contribution in [-0.4, -0.2) is 56.6 Å². The molecule has 2 aromatic rings. The summed E-state index contributed by atoms with van der Waals surface area (Å²) in [5.74, 6) is 1.79. The molecule has 1 amide bonds. The van der Waals surface area contributed by atoms with Crippen LogP contribution < -0.4 is 18.9 Å². The van der Waals surface area contributed by atoms with Crippen molar-refractivity contribution in [3.63, 3.8) is 0 Å². The fourth-order valence-corrected chi connectivity index (χ4v) is 4.77. The summed E-state index contributed by atoms with van der Waals surface area (Å²) in [6, 6.07) is 6.77. The highest BCUT2D eigenvalue weighted by Crippen LogP contribution is 2.43. The number of piperidine rings is 1. The van der Waals surface area contributed by atoms with E-state index in [1.165, 1.54) is 21.3 Å². The third kappa shape index (κ3) is 3.86. The normalized spacial score (nSPS) is 16.9. The lowest BCUT2D eigenvalue weighted by molar-refractivity contribution is -0.00618. The fraction of sp³-hybridized carbons (Fsp3) is 0.417. The molecule has 0 saturated carbocycles. The van der Waals surface area contributed by atoms with Gasteiger partial charge >= 0.3 is 0 Å². The van der Waals surface area contributed by atoms with Gasteiger partial charge in [-0.15, -0.1) is 0 Å². The highest BCUT2D eigenvalue weighted by molar-refractivity contribution is 6.31. The zero-order chi connectivity index (χ0) is 23.0. The Morgan fingerprint density at radius 3 is 2.22 bits per heavy atom. The van der Waals surface area contributed by atoms with Crippen molar-refractivity contribution >= 4 is 23.3 Å². The average Bonchev–Trinajstić information content (AvgIpc) is 2.79. The molecule has 2 aliphatic rings. The van der Waals surface area contributed by atoms with Crippen molar-refractivity contribution in [2.24, 2.45) is 0 Å². The van der Waals surface area contributed by atoms with Gasteiger partial charge in [-0.25, -0.2) is 0 Å². The van der Waals surface area contributed by atoms with Crippen LogP contribution in [0.5, 0.6) is 23.0 Å². The molecule has 32 heavy (non-hydrogen) atoms. The molecule has 8 heteroatoms. The molecule has 2 heterocycles. The van der Waals surface area contributed by atoms with E-state index in [4.69, 9.17) is 30.5 Å².